The van der Waals surface area contributed by atoms with Crippen LogP contribution in [0.3, 0.4) is 0 Å². The van der Waals surface area contributed by atoms with E-state index < -0.39 is 29.6 Å². The summed E-state index contributed by atoms with van der Waals surface area (Å²) in [6.45, 7) is 8.71. The lowest BCUT2D eigenvalue weighted by Crippen LogP contribution is -2.51. The van der Waals surface area contributed by atoms with Gasteiger partial charge in [-0.05, 0) is 39.3 Å². The standard InChI is InChI=1S/C27H34F3N5O3S/c1-26(2,3)38-25(37)35-16-18(14-22(35)24(36)34-12-13-39-17-34)32-8-10-33(11-9-32)21-15-23(27(28,29)30)31-20-7-5-4-6-19(20)21/h4-7,15,18,22H,8-14,16-17H2,1-3H3/t18-,22+/m1/s1. The normalized spacial score (nSPS) is 23.1. The predicted molar refractivity (Wildman–Crippen MR) is 145 cm³/mol. The fourth-order valence-corrected chi connectivity index (χ4v) is 6.48. The van der Waals surface area contributed by atoms with Crippen LogP contribution in [-0.2, 0) is 15.7 Å². The Morgan fingerprint density at radius 2 is 1.77 bits per heavy atom. The van der Waals surface area contributed by atoms with Crippen molar-refractivity contribution >= 4 is 40.4 Å². The first-order chi connectivity index (χ1) is 18.4. The zero-order chi connectivity index (χ0) is 27.9. The van der Waals surface area contributed by atoms with E-state index in [9.17, 15) is 22.8 Å². The number of thioether (sulfide) groups is 1. The molecule has 0 saturated carbocycles. The van der Waals surface area contributed by atoms with Crippen molar-refractivity contribution in [2.45, 2.75) is 51.1 Å². The lowest BCUT2D eigenvalue weighted by molar-refractivity contribution is -0.141. The van der Waals surface area contributed by atoms with E-state index in [2.05, 4.69) is 9.88 Å². The summed E-state index contributed by atoms with van der Waals surface area (Å²) in [7, 11) is 0. The zero-order valence-electron chi connectivity index (χ0n) is 22.4. The van der Waals surface area contributed by atoms with Crippen molar-refractivity contribution in [2.75, 3.05) is 55.8 Å². The third kappa shape index (κ3) is 6.06. The quantitative estimate of drug-likeness (QED) is 0.550. The number of halogens is 3. The van der Waals surface area contributed by atoms with Crippen molar-refractivity contribution in [3.63, 3.8) is 0 Å². The molecule has 2 atom stereocenters. The number of rotatable bonds is 3. The Labute approximate surface area is 230 Å². The lowest BCUT2D eigenvalue weighted by atomic mass is 10.1. The largest absolute Gasteiger partial charge is 0.444 e. The van der Waals surface area contributed by atoms with Crippen LogP contribution in [0, 0.1) is 0 Å². The molecule has 12 heteroatoms. The minimum absolute atomic E-state index is 0.0382. The molecule has 1 aromatic carbocycles. The molecule has 2 amide bonds. The Kier molecular flexibility index (Phi) is 7.62. The number of alkyl halides is 3. The fourth-order valence-electron chi connectivity index (χ4n) is 5.53. The molecule has 5 rings (SSSR count). The molecular weight excluding hydrogens is 531 g/mol. The van der Waals surface area contributed by atoms with Crippen LogP contribution in [-0.4, -0.2) is 100 Å². The molecule has 8 nitrogen and oxygen atoms in total. The SMILES string of the molecule is CC(C)(C)OC(=O)N1C[C@H](N2CCN(c3cc(C(F)(F)F)nc4ccccc34)CC2)C[C@H]1C(=O)N1CCSC1. The highest BCUT2D eigenvalue weighted by atomic mass is 32.2. The van der Waals surface area contributed by atoms with E-state index in [0.29, 0.717) is 68.2 Å². The maximum atomic E-state index is 13.6. The molecule has 3 fully saturated rings. The number of ether oxygens (including phenoxy) is 1. The van der Waals surface area contributed by atoms with E-state index in [-0.39, 0.29) is 11.9 Å². The smallest absolute Gasteiger partial charge is 0.433 e. The molecule has 1 aromatic heterocycles. The Bertz CT molecular complexity index is 1220. The molecule has 39 heavy (non-hydrogen) atoms. The Morgan fingerprint density at radius 1 is 1.05 bits per heavy atom. The summed E-state index contributed by atoms with van der Waals surface area (Å²) in [5.41, 5.74) is -0.742. The van der Waals surface area contributed by atoms with Gasteiger partial charge in [-0.25, -0.2) is 9.78 Å². The average Bonchev–Trinajstić information content (AvgIpc) is 3.57. The summed E-state index contributed by atoms with van der Waals surface area (Å²) >= 11 is 1.70. The summed E-state index contributed by atoms with van der Waals surface area (Å²) in [5.74, 6) is 1.46. The van der Waals surface area contributed by atoms with Crippen LogP contribution in [0.15, 0.2) is 30.3 Å². The number of hydrogen-bond donors (Lipinski definition) is 0. The first-order valence-corrected chi connectivity index (χ1v) is 14.4. The number of para-hydroxylation sites is 1. The number of hydrogen-bond acceptors (Lipinski definition) is 7. The van der Waals surface area contributed by atoms with Crippen LogP contribution < -0.4 is 4.90 Å². The summed E-state index contributed by atoms with van der Waals surface area (Å²) in [4.78, 5) is 37.9. The number of benzene rings is 1. The molecule has 4 heterocycles. The van der Waals surface area contributed by atoms with Gasteiger partial charge >= 0.3 is 12.3 Å². The van der Waals surface area contributed by atoms with Gasteiger partial charge in [0.25, 0.3) is 0 Å². The highest BCUT2D eigenvalue weighted by Crippen LogP contribution is 2.36. The van der Waals surface area contributed by atoms with Gasteiger partial charge < -0.3 is 14.5 Å². The number of nitrogens with zero attached hydrogens (tertiary/aromatic N) is 5. The van der Waals surface area contributed by atoms with Gasteiger partial charge in [-0.15, -0.1) is 11.8 Å². The minimum atomic E-state index is -4.54. The lowest BCUT2D eigenvalue weighted by Gasteiger charge is -2.39. The van der Waals surface area contributed by atoms with Gasteiger partial charge in [-0.3, -0.25) is 14.6 Å². The third-order valence-corrected chi connectivity index (χ3v) is 8.38. The Balaban J connectivity index is 1.32. The van der Waals surface area contributed by atoms with Crippen LogP contribution in [0.5, 0.6) is 0 Å². The van der Waals surface area contributed by atoms with Gasteiger partial charge in [0, 0.05) is 62.1 Å². The number of carbonyl (C=O) groups excluding carboxylic acids is 2. The highest BCUT2D eigenvalue weighted by molar-refractivity contribution is 7.99. The Hall–Kier alpha value is -2.73. The van der Waals surface area contributed by atoms with E-state index in [1.165, 1.54) is 0 Å². The van der Waals surface area contributed by atoms with E-state index in [4.69, 9.17) is 4.74 Å². The molecule has 0 unspecified atom stereocenters. The van der Waals surface area contributed by atoms with Crippen molar-refractivity contribution in [1.29, 1.82) is 0 Å². The molecule has 0 radical (unpaired) electrons. The van der Waals surface area contributed by atoms with Gasteiger partial charge in [0.1, 0.15) is 17.3 Å². The number of carbonyl (C=O) groups is 2. The second-order valence-corrected chi connectivity index (χ2v) is 12.3. The number of amides is 2. The van der Waals surface area contributed by atoms with Crippen molar-refractivity contribution in [2.24, 2.45) is 0 Å². The fraction of sp³-hybridized carbons (Fsp3) is 0.593. The molecule has 212 valence electrons. The maximum Gasteiger partial charge on any atom is 0.433 e. The summed E-state index contributed by atoms with van der Waals surface area (Å²) < 4.78 is 46.4. The van der Waals surface area contributed by atoms with Crippen molar-refractivity contribution < 1.29 is 27.5 Å². The molecule has 0 bridgehead atoms. The number of likely N-dealkylation sites (tertiary alicyclic amines) is 1. The molecule has 0 N–H and O–H groups in total. The monoisotopic (exact) mass is 565 g/mol. The minimum Gasteiger partial charge on any atom is -0.444 e. The number of piperazine rings is 1. The number of anilines is 1. The highest BCUT2D eigenvalue weighted by Gasteiger charge is 2.45. The van der Waals surface area contributed by atoms with Gasteiger partial charge in [0.2, 0.25) is 5.91 Å². The number of aromatic nitrogens is 1. The van der Waals surface area contributed by atoms with E-state index in [1.807, 2.05) is 4.90 Å². The van der Waals surface area contributed by atoms with Gasteiger partial charge in [0.05, 0.1) is 11.4 Å². The van der Waals surface area contributed by atoms with Crippen LogP contribution in [0.25, 0.3) is 10.9 Å². The average molecular weight is 566 g/mol. The van der Waals surface area contributed by atoms with Crippen LogP contribution >= 0.6 is 11.8 Å². The molecule has 2 aromatic rings. The number of fused-ring (bicyclic) bond motifs is 1. The van der Waals surface area contributed by atoms with E-state index in [0.717, 1.165) is 11.8 Å². The first-order valence-electron chi connectivity index (χ1n) is 13.2. The van der Waals surface area contributed by atoms with E-state index >= 15 is 0 Å². The maximum absolute atomic E-state index is 13.6. The first kappa shape index (κ1) is 27.8. The second kappa shape index (κ2) is 10.7. The molecule has 0 aliphatic carbocycles. The van der Waals surface area contributed by atoms with Crippen molar-refractivity contribution in [3.8, 4) is 0 Å². The van der Waals surface area contributed by atoms with E-state index in [1.54, 1.807) is 66.6 Å². The van der Waals surface area contributed by atoms with Crippen LogP contribution in [0.1, 0.15) is 32.9 Å². The topological polar surface area (TPSA) is 69.2 Å². The summed E-state index contributed by atoms with van der Waals surface area (Å²) in [6.07, 6.45) is -4.52. The van der Waals surface area contributed by atoms with Gasteiger partial charge in [0.15, 0.2) is 0 Å². The van der Waals surface area contributed by atoms with Crippen LogP contribution in [0.2, 0.25) is 0 Å². The van der Waals surface area contributed by atoms with Crippen molar-refractivity contribution in [1.82, 2.24) is 19.7 Å². The molecule has 3 aliphatic heterocycles. The molecular formula is C27H34F3N5O3S. The van der Waals surface area contributed by atoms with Gasteiger partial charge in [-0.1, -0.05) is 18.2 Å². The number of pyridine rings is 1. The summed E-state index contributed by atoms with van der Waals surface area (Å²) in [5, 5.41) is 0.685. The van der Waals surface area contributed by atoms with Crippen molar-refractivity contribution in [3.05, 3.63) is 36.0 Å². The predicted octanol–water partition coefficient (Wildman–Crippen LogP) is 4.29. The Morgan fingerprint density at radius 3 is 2.41 bits per heavy atom. The van der Waals surface area contributed by atoms with Gasteiger partial charge in [-0.2, -0.15) is 13.2 Å². The summed E-state index contributed by atoms with van der Waals surface area (Å²) in [6, 6.07) is 7.41. The molecule has 3 aliphatic rings. The zero-order valence-corrected chi connectivity index (χ0v) is 23.2. The van der Waals surface area contributed by atoms with Crippen LogP contribution in [0.4, 0.5) is 23.7 Å². The second-order valence-electron chi connectivity index (χ2n) is 11.2. The molecule has 0 spiro atoms. The third-order valence-electron chi connectivity index (χ3n) is 7.41. The molecule has 3 saturated heterocycles.